The van der Waals surface area contributed by atoms with Gasteiger partial charge in [-0.1, -0.05) is 40.6 Å². The molecule has 3 rings (SSSR count). The second-order valence-electron chi connectivity index (χ2n) is 6.87. The van der Waals surface area contributed by atoms with Gasteiger partial charge in [0, 0.05) is 35.2 Å². The molecule has 0 N–H and O–H groups in total. The van der Waals surface area contributed by atoms with Crippen molar-refractivity contribution < 1.29 is 4.79 Å². The molecule has 0 saturated heterocycles. The number of rotatable bonds is 8. The molecule has 4 nitrogen and oxygen atoms in total. The number of aryl methyl sites for hydroxylation is 1. The van der Waals surface area contributed by atoms with Gasteiger partial charge in [0.05, 0.1) is 10.2 Å². The Balaban J connectivity index is 1.70. The van der Waals surface area contributed by atoms with Crippen molar-refractivity contribution >= 4 is 56.0 Å². The van der Waals surface area contributed by atoms with Gasteiger partial charge in [0.15, 0.2) is 5.13 Å². The summed E-state index contributed by atoms with van der Waals surface area (Å²) in [5.74, 6) is 0.850. The number of thioether (sulfide) groups is 1. The Bertz CT molecular complexity index is 940. The van der Waals surface area contributed by atoms with Gasteiger partial charge >= 0.3 is 0 Å². The van der Waals surface area contributed by atoms with E-state index in [1.54, 1.807) is 11.8 Å². The maximum absolute atomic E-state index is 13.0. The topological polar surface area (TPSA) is 36.4 Å². The molecule has 7 heteroatoms. The van der Waals surface area contributed by atoms with Gasteiger partial charge < -0.3 is 4.90 Å². The van der Waals surface area contributed by atoms with E-state index in [-0.39, 0.29) is 5.91 Å². The first-order valence-corrected chi connectivity index (χ1v) is 11.3. The zero-order valence-electron chi connectivity index (χ0n) is 16.3. The summed E-state index contributed by atoms with van der Waals surface area (Å²) in [7, 11) is 4.02. The van der Waals surface area contributed by atoms with Gasteiger partial charge in [-0.2, -0.15) is 0 Å². The molecule has 0 saturated carbocycles. The molecule has 1 aromatic heterocycles. The van der Waals surface area contributed by atoms with Crippen LogP contribution < -0.4 is 4.90 Å². The van der Waals surface area contributed by atoms with Gasteiger partial charge in [0.2, 0.25) is 5.91 Å². The van der Waals surface area contributed by atoms with Crippen LogP contribution in [0.1, 0.15) is 12.0 Å². The molecular formula is C21H24ClN3OS2. The van der Waals surface area contributed by atoms with E-state index in [1.165, 1.54) is 21.8 Å². The average Bonchev–Trinajstić information content (AvgIpc) is 3.06. The first-order chi connectivity index (χ1) is 13.4. The van der Waals surface area contributed by atoms with E-state index in [9.17, 15) is 4.79 Å². The lowest BCUT2D eigenvalue weighted by atomic mass is 10.2. The van der Waals surface area contributed by atoms with Crippen LogP contribution in [0.5, 0.6) is 0 Å². The monoisotopic (exact) mass is 433 g/mol. The Kier molecular flexibility index (Phi) is 7.35. The number of aromatic nitrogens is 1. The minimum atomic E-state index is 0.103. The van der Waals surface area contributed by atoms with Crippen LogP contribution >= 0.6 is 34.7 Å². The van der Waals surface area contributed by atoms with E-state index >= 15 is 0 Å². The SMILES string of the molecule is Cc1ccc(SCCC(=O)N(CCN(C)C)c2nc3ccc(Cl)cc3s2)cc1. The van der Waals surface area contributed by atoms with Crippen molar-refractivity contribution in [3.63, 3.8) is 0 Å². The second kappa shape index (κ2) is 9.74. The molecule has 0 aliphatic carbocycles. The fourth-order valence-electron chi connectivity index (χ4n) is 2.65. The van der Waals surface area contributed by atoms with Crippen LogP contribution in [0.4, 0.5) is 5.13 Å². The van der Waals surface area contributed by atoms with E-state index < -0.39 is 0 Å². The minimum absolute atomic E-state index is 0.103. The summed E-state index contributed by atoms with van der Waals surface area (Å²) in [6, 6.07) is 14.0. The van der Waals surface area contributed by atoms with Gasteiger partial charge in [0.25, 0.3) is 0 Å². The van der Waals surface area contributed by atoms with E-state index in [0.717, 1.165) is 27.6 Å². The van der Waals surface area contributed by atoms with Crippen LogP contribution in [0.3, 0.4) is 0 Å². The average molecular weight is 434 g/mol. The fraction of sp³-hybridized carbons (Fsp3) is 0.333. The number of amides is 1. The Morgan fingerprint density at radius 1 is 1.14 bits per heavy atom. The number of anilines is 1. The maximum atomic E-state index is 13.0. The highest BCUT2D eigenvalue weighted by Gasteiger charge is 2.19. The van der Waals surface area contributed by atoms with Gasteiger partial charge in [-0.15, -0.1) is 11.8 Å². The van der Waals surface area contributed by atoms with Crippen LogP contribution in [0.15, 0.2) is 47.4 Å². The Morgan fingerprint density at radius 2 is 1.89 bits per heavy atom. The smallest absolute Gasteiger partial charge is 0.229 e. The zero-order valence-corrected chi connectivity index (χ0v) is 18.7. The molecule has 0 radical (unpaired) electrons. The van der Waals surface area contributed by atoms with E-state index in [0.29, 0.717) is 18.0 Å². The largest absolute Gasteiger partial charge is 0.308 e. The molecule has 2 aromatic carbocycles. The van der Waals surface area contributed by atoms with E-state index in [4.69, 9.17) is 11.6 Å². The molecule has 1 amide bonds. The Hall–Kier alpha value is -1.60. The number of hydrogen-bond donors (Lipinski definition) is 0. The molecule has 0 unspecified atom stereocenters. The predicted octanol–water partition coefficient (Wildman–Crippen LogP) is 5.34. The Morgan fingerprint density at radius 3 is 2.61 bits per heavy atom. The number of likely N-dealkylation sites (N-methyl/N-ethyl adjacent to an activating group) is 1. The first kappa shape index (κ1) is 21.1. The summed E-state index contributed by atoms with van der Waals surface area (Å²) < 4.78 is 0.999. The number of hydrogen-bond acceptors (Lipinski definition) is 5. The summed E-state index contributed by atoms with van der Waals surface area (Å²) in [4.78, 5) is 22.7. The predicted molar refractivity (Wildman–Crippen MR) is 122 cm³/mol. The van der Waals surface area contributed by atoms with Gasteiger partial charge in [0.1, 0.15) is 0 Å². The summed E-state index contributed by atoms with van der Waals surface area (Å²) >= 11 is 9.32. The molecule has 28 heavy (non-hydrogen) atoms. The quantitative estimate of drug-likeness (QED) is 0.449. The van der Waals surface area contributed by atoms with Gasteiger partial charge in [-0.25, -0.2) is 4.98 Å². The molecule has 0 atom stereocenters. The van der Waals surface area contributed by atoms with Gasteiger partial charge in [-0.05, 0) is 51.4 Å². The lowest BCUT2D eigenvalue weighted by molar-refractivity contribution is -0.118. The Labute approximate surface area is 179 Å². The van der Waals surface area contributed by atoms with Crippen LogP contribution in [-0.4, -0.2) is 48.7 Å². The number of benzene rings is 2. The molecule has 0 aliphatic heterocycles. The number of carbonyl (C=O) groups is 1. The van der Waals surface area contributed by atoms with E-state index in [2.05, 4.69) is 41.1 Å². The van der Waals surface area contributed by atoms with Crippen molar-refractivity contribution in [2.45, 2.75) is 18.2 Å². The third-order valence-corrected chi connectivity index (χ3v) is 6.54. The molecule has 0 spiro atoms. The number of fused-ring (bicyclic) bond motifs is 1. The lowest BCUT2D eigenvalue weighted by Crippen LogP contribution is -2.36. The number of carbonyl (C=O) groups excluding carboxylic acids is 1. The third-order valence-electron chi connectivity index (χ3n) is 4.25. The van der Waals surface area contributed by atoms with Crippen molar-refractivity contribution in [1.29, 1.82) is 0 Å². The summed E-state index contributed by atoms with van der Waals surface area (Å²) in [6.45, 7) is 3.48. The third kappa shape index (κ3) is 5.70. The summed E-state index contributed by atoms with van der Waals surface area (Å²) in [5, 5.41) is 1.42. The van der Waals surface area contributed by atoms with Crippen LogP contribution in [0.2, 0.25) is 5.02 Å². The standard InChI is InChI=1S/C21H24ClN3OS2/c1-15-4-7-17(8-5-15)27-13-10-20(26)25(12-11-24(2)3)21-23-18-9-6-16(22)14-19(18)28-21/h4-9,14H,10-13H2,1-3H3. The fourth-order valence-corrected chi connectivity index (χ4v) is 4.78. The molecule has 148 valence electrons. The highest BCUT2D eigenvalue weighted by atomic mass is 35.5. The maximum Gasteiger partial charge on any atom is 0.229 e. The van der Waals surface area contributed by atoms with Crippen molar-refractivity contribution in [1.82, 2.24) is 9.88 Å². The van der Waals surface area contributed by atoms with Gasteiger partial charge in [-0.3, -0.25) is 9.69 Å². The lowest BCUT2D eigenvalue weighted by Gasteiger charge is -2.22. The normalized spacial score (nSPS) is 11.3. The van der Waals surface area contributed by atoms with E-state index in [1.807, 2.05) is 37.2 Å². The summed E-state index contributed by atoms with van der Waals surface area (Å²) in [5.41, 5.74) is 2.12. The molecular weight excluding hydrogens is 410 g/mol. The van der Waals surface area contributed by atoms with Crippen molar-refractivity contribution in [3.8, 4) is 0 Å². The molecule has 1 heterocycles. The van der Waals surface area contributed by atoms with Crippen LogP contribution in [-0.2, 0) is 4.79 Å². The molecule has 0 bridgehead atoms. The molecule has 0 aliphatic rings. The summed E-state index contributed by atoms with van der Waals surface area (Å²) in [6.07, 6.45) is 0.475. The van der Waals surface area contributed by atoms with Crippen molar-refractivity contribution in [2.24, 2.45) is 0 Å². The second-order valence-corrected chi connectivity index (χ2v) is 9.48. The minimum Gasteiger partial charge on any atom is -0.308 e. The zero-order chi connectivity index (χ0) is 20.1. The van der Waals surface area contributed by atoms with Crippen LogP contribution in [0, 0.1) is 6.92 Å². The number of halogens is 1. The number of nitrogens with zero attached hydrogens (tertiary/aromatic N) is 3. The van der Waals surface area contributed by atoms with Crippen molar-refractivity contribution in [3.05, 3.63) is 53.1 Å². The highest BCUT2D eigenvalue weighted by Crippen LogP contribution is 2.31. The first-order valence-electron chi connectivity index (χ1n) is 9.13. The number of thiazole rings is 1. The molecule has 3 aromatic rings. The highest BCUT2D eigenvalue weighted by molar-refractivity contribution is 7.99. The van der Waals surface area contributed by atoms with Crippen molar-refractivity contribution in [2.75, 3.05) is 37.8 Å². The molecule has 0 fully saturated rings. The van der Waals surface area contributed by atoms with Crippen LogP contribution in [0.25, 0.3) is 10.2 Å².